The van der Waals surface area contributed by atoms with Gasteiger partial charge >= 0.3 is 6.03 Å². The molecule has 0 radical (unpaired) electrons. The third kappa shape index (κ3) is 5.94. The smallest absolute Gasteiger partial charge is 0.319 e. The number of nitrogens with zero attached hydrogens (tertiary/aromatic N) is 3. The van der Waals surface area contributed by atoms with Gasteiger partial charge in [-0.05, 0) is 45.0 Å². The molecule has 0 bridgehead atoms. The first-order valence-corrected chi connectivity index (χ1v) is 13.8. The fraction of sp³-hybridized carbons (Fsp3) is 0.542. The summed E-state index contributed by atoms with van der Waals surface area (Å²) in [5.74, 6) is 1.32. The van der Waals surface area contributed by atoms with Gasteiger partial charge in [0.05, 0.1) is 44.4 Å². The number of morpholine rings is 1. The number of aromatic nitrogens is 2. The summed E-state index contributed by atoms with van der Waals surface area (Å²) >= 11 is 0. The molecular weight excluding hydrogens is 486 g/mol. The second kappa shape index (κ2) is 10.7. The number of hydrogen-bond donors (Lipinski definition) is 2. The number of ether oxygens (including phenoxy) is 2. The van der Waals surface area contributed by atoms with Crippen LogP contribution < -0.4 is 15.5 Å². The van der Waals surface area contributed by atoms with Gasteiger partial charge in [-0.3, -0.25) is 4.18 Å². The standard InChI is InChI=1S/C24H33N5O6S/c1-5-25-23(30)26-18-8-6-17(7-9-18)21-27-20-19(22(28-21)29-11-13-33-14-16(29)2)15-34-24(20,3)10-12-35-36(4,31)32/h6-9,16H,5,10-15H2,1-4H3,(H2,25,26,30)/t16-,24?/m0/s1. The fourth-order valence-corrected chi connectivity index (χ4v) is 4.75. The first kappa shape index (κ1) is 26.3. The van der Waals surface area contributed by atoms with Crippen LogP contribution in [0, 0.1) is 0 Å². The normalized spacial score (nSPS) is 21.8. The molecule has 3 heterocycles. The lowest BCUT2D eigenvalue weighted by Crippen LogP contribution is -2.44. The summed E-state index contributed by atoms with van der Waals surface area (Å²) in [6.45, 7) is 8.55. The van der Waals surface area contributed by atoms with Crippen molar-refractivity contribution >= 4 is 27.7 Å². The molecule has 1 fully saturated rings. The molecule has 2 aliphatic heterocycles. The Morgan fingerprint density at radius 1 is 1.28 bits per heavy atom. The molecule has 2 atom stereocenters. The van der Waals surface area contributed by atoms with Crippen molar-refractivity contribution in [2.45, 2.75) is 45.4 Å². The van der Waals surface area contributed by atoms with Gasteiger partial charge in [-0.1, -0.05) is 0 Å². The summed E-state index contributed by atoms with van der Waals surface area (Å²) in [5.41, 5.74) is 2.22. The Morgan fingerprint density at radius 2 is 2.03 bits per heavy atom. The second-order valence-corrected chi connectivity index (χ2v) is 10.8. The number of amides is 2. The maximum Gasteiger partial charge on any atom is 0.319 e. The minimum absolute atomic E-state index is 0.0163. The molecule has 1 aromatic heterocycles. The average molecular weight is 520 g/mol. The van der Waals surface area contributed by atoms with Gasteiger partial charge < -0.3 is 25.0 Å². The molecule has 1 aromatic carbocycles. The van der Waals surface area contributed by atoms with Crippen LogP contribution in [0.4, 0.5) is 16.3 Å². The molecule has 2 aliphatic rings. The zero-order valence-corrected chi connectivity index (χ0v) is 21.9. The molecule has 0 spiro atoms. The van der Waals surface area contributed by atoms with Crippen molar-refractivity contribution in [3.05, 3.63) is 35.5 Å². The van der Waals surface area contributed by atoms with E-state index in [1.165, 1.54) is 0 Å². The molecule has 36 heavy (non-hydrogen) atoms. The maximum absolute atomic E-state index is 11.8. The summed E-state index contributed by atoms with van der Waals surface area (Å²) in [6.07, 6.45) is 1.35. The molecule has 2 aromatic rings. The summed E-state index contributed by atoms with van der Waals surface area (Å²) in [6, 6.07) is 7.16. The van der Waals surface area contributed by atoms with Crippen molar-refractivity contribution in [2.24, 2.45) is 0 Å². The number of fused-ring (bicyclic) bond motifs is 1. The van der Waals surface area contributed by atoms with Crippen molar-refractivity contribution in [1.82, 2.24) is 15.3 Å². The van der Waals surface area contributed by atoms with E-state index in [0.717, 1.165) is 28.9 Å². The van der Waals surface area contributed by atoms with Gasteiger partial charge in [0, 0.05) is 36.3 Å². The summed E-state index contributed by atoms with van der Waals surface area (Å²) in [7, 11) is -3.57. The van der Waals surface area contributed by atoms with Gasteiger partial charge in [-0.2, -0.15) is 8.42 Å². The Bertz CT molecular complexity index is 1210. The van der Waals surface area contributed by atoms with E-state index in [4.69, 9.17) is 23.6 Å². The number of urea groups is 1. The number of rotatable bonds is 8. The maximum atomic E-state index is 11.8. The molecule has 0 saturated carbocycles. The van der Waals surface area contributed by atoms with E-state index < -0.39 is 15.7 Å². The van der Waals surface area contributed by atoms with Gasteiger partial charge in [-0.15, -0.1) is 0 Å². The van der Waals surface area contributed by atoms with Crippen LogP contribution in [-0.4, -0.2) is 69.6 Å². The molecule has 4 rings (SSSR count). The zero-order valence-electron chi connectivity index (χ0n) is 21.0. The summed E-state index contributed by atoms with van der Waals surface area (Å²) in [5, 5.41) is 5.48. The minimum atomic E-state index is -3.57. The first-order chi connectivity index (χ1) is 17.1. The van der Waals surface area contributed by atoms with Gasteiger partial charge in [0.25, 0.3) is 10.1 Å². The summed E-state index contributed by atoms with van der Waals surface area (Å²) in [4.78, 5) is 23.9. The third-order valence-electron chi connectivity index (χ3n) is 6.28. The first-order valence-electron chi connectivity index (χ1n) is 12.0. The number of anilines is 2. The highest BCUT2D eigenvalue weighted by atomic mass is 32.2. The van der Waals surface area contributed by atoms with E-state index in [-0.39, 0.29) is 18.7 Å². The van der Waals surface area contributed by atoms with Crippen molar-refractivity contribution in [1.29, 1.82) is 0 Å². The Hall–Kier alpha value is -2.80. The number of nitrogens with one attached hydrogen (secondary N) is 2. The van der Waals surface area contributed by atoms with E-state index in [1.54, 1.807) is 12.1 Å². The molecule has 2 amide bonds. The van der Waals surface area contributed by atoms with Crippen LogP contribution in [0.2, 0.25) is 0 Å². The Kier molecular flexibility index (Phi) is 7.79. The van der Waals surface area contributed by atoms with Gasteiger partial charge in [0.15, 0.2) is 5.82 Å². The van der Waals surface area contributed by atoms with E-state index in [9.17, 15) is 13.2 Å². The predicted molar refractivity (Wildman–Crippen MR) is 135 cm³/mol. The fourth-order valence-electron chi connectivity index (χ4n) is 4.37. The van der Waals surface area contributed by atoms with Gasteiger partial charge in [0.1, 0.15) is 11.4 Å². The monoisotopic (exact) mass is 519 g/mol. The molecule has 196 valence electrons. The van der Waals surface area contributed by atoms with E-state index >= 15 is 0 Å². The van der Waals surface area contributed by atoms with Crippen molar-refractivity contribution < 1.29 is 26.9 Å². The molecule has 1 saturated heterocycles. The second-order valence-electron chi connectivity index (χ2n) is 9.17. The SMILES string of the molecule is CCNC(=O)Nc1ccc(-c2nc(N3CCOC[C@@H]3C)c3c(n2)C(C)(CCOS(C)(=O)=O)OC3)cc1. The molecule has 0 aliphatic carbocycles. The molecule has 12 heteroatoms. The van der Waals surface area contributed by atoms with Crippen LogP contribution >= 0.6 is 0 Å². The van der Waals surface area contributed by atoms with Crippen LogP contribution in [0.15, 0.2) is 24.3 Å². The van der Waals surface area contributed by atoms with E-state index in [2.05, 4.69) is 22.5 Å². The summed E-state index contributed by atoms with van der Waals surface area (Å²) < 4.78 is 39.8. The third-order valence-corrected chi connectivity index (χ3v) is 6.87. The Labute approximate surface area is 211 Å². The van der Waals surface area contributed by atoms with E-state index in [0.29, 0.717) is 50.8 Å². The van der Waals surface area contributed by atoms with Crippen molar-refractivity contribution in [3.63, 3.8) is 0 Å². The van der Waals surface area contributed by atoms with Gasteiger partial charge in [-0.25, -0.2) is 14.8 Å². The minimum Gasteiger partial charge on any atom is -0.377 e. The average Bonchev–Trinajstić information content (AvgIpc) is 3.15. The lowest BCUT2D eigenvalue weighted by atomic mass is 9.96. The number of carbonyl (C=O) groups excluding carboxylic acids is 1. The lowest BCUT2D eigenvalue weighted by molar-refractivity contribution is -0.0386. The van der Waals surface area contributed by atoms with Gasteiger partial charge in [0.2, 0.25) is 0 Å². The van der Waals surface area contributed by atoms with E-state index in [1.807, 2.05) is 26.0 Å². The predicted octanol–water partition coefficient (Wildman–Crippen LogP) is 2.62. The van der Waals surface area contributed by atoms with Crippen LogP contribution in [0.3, 0.4) is 0 Å². The quantitative estimate of drug-likeness (QED) is 0.505. The number of benzene rings is 1. The topological polar surface area (TPSA) is 132 Å². The highest BCUT2D eigenvalue weighted by molar-refractivity contribution is 7.85. The number of carbonyl (C=O) groups is 1. The molecule has 2 N–H and O–H groups in total. The highest BCUT2D eigenvalue weighted by Crippen LogP contribution is 2.43. The number of hydrogen-bond acceptors (Lipinski definition) is 9. The highest BCUT2D eigenvalue weighted by Gasteiger charge is 2.41. The molecule has 1 unspecified atom stereocenters. The molecule has 11 nitrogen and oxygen atoms in total. The van der Waals surface area contributed by atoms with Crippen molar-refractivity contribution in [2.75, 3.05) is 49.4 Å². The van der Waals surface area contributed by atoms with Crippen LogP contribution in [-0.2, 0) is 36.0 Å². The van der Waals surface area contributed by atoms with Crippen molar-refractivity contribution in [3.8, 4) is 11.4 Å². The van der Waals surface area contributed by atoms with Crippen LogP contribution in [0.5, 0.6) is 0 Å². The Balaban J connectivity index is 1.70. The largest absolute Gasteiger partial charge is 0.377 e. The van der Waals surface area contributed by atoms with Crippen LogP contribution in [0.25, 0.3) is 11.4 Å². The van der Waals surface area contributed by atoms with Crippen LogP contribution in [0.1, 0.15) is 38.4 Å². The zero-order chi connectivity index (χ0) is 25.9. The lowest BCUT2D eigenvalue weighted by Gasteiger charge is -2.35. The Morgan fingerprint density at radius 3 is 2.69 bits per heavy atom. The molecular formula is C24H33N5O6S.